The Balaban J connectivity index is 2.45. The number of oxime groups is 1. The molecule has 1 saturated heterocycles. The lowest BCUT2D eigenvalue weighted by molar-refractivity contribution is -0.133. The molecule has 3 N–H and O–H groups in total. The molecule has 1 aliphatic rings. The SMILES string of the molecule is CCCCC(=O)N1CCN(C(CC)C(N)=NO)CC1. The maximum atomic E-state index is 11.9. The topological polar surface area (TPSA) is 82.2 Å². The predicted octanol–water partition coefficient (Wildman–Crippen LogP) is 0.846. The molecule has 0 radical (unpaired) electrons. The van der Waals surface area contributed by atoms with E-state index in [-0.39, 0.29) is 17.8 Å². The van der Waals surface area contributed by atoms with Crippen molar-refractivity contribution < 1.29 is 10.0 Å². The van der Waals surface area contributed by atoms with Crippen LogP contribution in [0.3, 0.4) is 0 Å². The van der Waals surface area contributed by atoms with Crippen molar-refractivity contribution in [2.45, 2.75) is 45.6 Å². The van der Waals surface area contributed by atoms with Gasteiger partial charge in [-0.1, -0.05) is 25.4 Å². The van der Waals surface area contributed by atoms with Crippen molar-refractivity contribution in [3.8, 4) is 0 Å². The number of hydrogen-bond acceptors (Lipinski definition) is 4. The van der Waals surface area contributed by atoms with Crippen LogP contribution in [0.2, 0.25) is 0 Å². The maximum Gasteiger partial charge on any atom is 0.222 e. The molecular formula is C13H26N4O2. The molecule has 0 saturated carbocycles. The van der Waals surface area contributed by atoms with Crippen LogP contribution in [0, 0.1) is 0 Å². The van der Waals surface area contributed by atoms with E-state index in [9.17, 15) is 4.79 Å². The summed E-state index contributed by atoms with van der Waals surface area (Å²) in [5.41, 5.74) is 5.70. The van der Waals surface area contributed by atoms with Crippen molar-refractivity contribution in [1.29, 1.82) is 0 Å². The molecule has 19 heavy (non-hydrogen) atoms. The highest BCUT2D eigenvalue weighted by atomic mass is 16.4. The zero-order valence-corrected chi connectivity index (χ0v) is 12.0. The van der Waals surface area contributed by atoms with Gasteiger partial charge in [0.2, 0.25) is 5.91 Å². The second-order valence-electron chi connectivity index (χ2n) is 4.97. The monoisotopic (exact) mass is 270 g/mol. The number of amides is 1. The lowest BCUT2D eigenvalue weighted by Gasteiger charge is -2.38. The standard InChI is InChI=1S/C13H26N4O2/c1-3-5-6-12(18)17-9-7-16(8-10-17)11(4-2)13(14)15-19/h11,19H,3-10H2,1-2H3,(H2,14,15). The third kappa shape index (κ3) is 4.38. The van der Waals surface area contributed by atoms with Crippen molar-refractivity contribution >= 4 is 11.7 Å². The molecule has 110 valence electrons. The molecule has 0 bridgehead atoms. The average Bonchev–Trinajstić information content (AvgIpc) is 2.46. The fourth-order valence-electron chi connectivity index (χ4n) is 2.49. The van der Waals surface area contributed by atoms with E-state index < -0.39 is 0 Å². The summed E-state index contributed by atoms with van der Waals surface area (Å²) >= 11 is 0. The predicted molar refractivity (Wildman–Crippen MR) is 75.2 cm³/mol. The van der Waals surface area contributed by atoms with E-state index in [2.05, 4.69) is 17.0 Å². The minimum atomic E-state index is -0.0297. The second-order valence-corrected chi connectivity index (χ2v) is 4.97. The van der Waals surface area contributed by atoms with Gasteiger partial charge in [0.1, 0.15) is 0 Å². The molecule has 0 aromatic heterocycles. The average molecular weight is 270 g/mol. The lowest BCUT2D eigenvalue weighted by Crippen LogP contribution is -2.55. The number of hydrogen-bond donors (Lipinski definition) is 2. The van der Waals surface area contributed by atoms with Crippen LogP contribution in [0.1, 0.15) is 39.5 Å². The van der Waals surface area contributed by atoms with E-state index >= 15 is 0 Å². The van der Waals surface area contributed by atoms with Gasteiger partial charge >= 0.3 is 0 Å². The summed E-state index contributed by atoms with van der Waals surface area (Å²) in [6.45, 7) is 7.14. The van der Waals surface area contributed by atoms with Crippen LogP contribution in [-0.2, 0) is 4.79 Å². The van der Waals surface area contributed by atoms with Gasteiger partial charge in [0, 0.05) is 32.6 Å². The van der Waals surface area contributed by atoms with Gasteiger partial charge in [-0.15, -0.1) is 0 Å². The summed E-state index contributed by atoms with van der Waals surface area (Å²) in [4.78, 5) is 16.0. The first-order valence-electron chi connectivity index (χ1n) is 7.13. The maximum absolute atomic E-state index is 11.9. The number of unbranched alkanes of at least 4 members (excludes halogenated alkanes) is 1. The Morgan fingerprint density at radius 3 is 2.42 bits per heavy atom. The Bertz CT molecular complexity index is 312. The zero-order valence-electron chi connectivity index (χ0n) is 12.0. The molecular weight excluding hydrogens is 244 g/mol. The van der Waals surface area contributed by atoms with E-state index in [1.807, 2.05) is 11.8 Å². The van der Waals surface area contributed by atoms with Crippen LogP contribution in [0.15, 0.2) is 5.16 Å². The van der Waals surface area contributed by atoms with Gasteiger partial charge in [-0.05, 0) is 12.8 Å². The fourth-order valence-corrected chi connectivity index (χ4v) is 2.49. The number of rotatable bonds is 6. The first-order chi connectivity index (χ1) is 9.13. The van der Waals surface area contributed by atoms with Crippen LogP contribution >= 0.6 is 0 Å². The summed E-state index contributed by atoms with van der Waals surface area (Å²) in [5, 5.41) is 11.9. The summed E-state index contributed by atoms with van der Waals surface area (Å²) < 4.78 is 0. The third-order valence-electron chi connectivity index (χ3n) is 3.70. The zero-order chi connectivity index (χ0) is 14.3. The Morgan fingerprint density at radius 2 is 1.95 bits per heavy atom. The van der Waals surface area contributed by atoms with Gasteiger partial charge < -0.3 is 15.8 Å². The van der Waals surface area contributed by atoms with Crippen LogP contribution in [0.5, 0.6) is 0 Å². The van der Waals surface area contributed by atoms with E-state index in [1.165, 1.54) is 0 Å². The van der Waals surface area contributed by atoms with Gasteiger partial charge in [0.05, 0.1) is 6.04 Å². The van der Waals surface area contributed by atoms with Crippen molar-refractivity contribution in [3.05, 3.63) is 0 Å². The first kappa shape index (κ1) is 15.8. The molecule has 1 unspecified atom stereocenters. The van der Waals surface area contributed by atoms with Crippen molar-refractivity contribution in [2.75, 3.05) is 26.2 Å². The minimum absolute atomic E-state index is 0.0297. The molecule has 1 aliphatic heterocycles. The van der Waals surface area contributed by atoms with E-state index in [4.69, 9.17) is 10.9 Å². The lowest BCUT2D eigenvalue weighted by atomic mass is 10.1. The number of amidine groups is 1. The van der Waals surface area contributed by atoms with Crippen LogP contribution in [0.25, 0.3) is 0 Å². The van der Waals surface area contributed by atoms with Crippen LogP contribution < -0.4 is 5.73 Å². The Labute approximate surface area is 115 Å². The van der Waals surface area contributed by atoms with Gasteiger partial charge in [-0.2, -0.15) is 0 Å². The summed E-state index contributed by atoms with van der Waals surface area (Å²) in [6, 6.07) is -0.0297. The highest BCUT2D eigenvalue weighted by Gasteiger charge is 2.27. The molecule has 6 heteroatoms. The summed E-state index contributed by atoms with van der Waals surface area (Å²) in [6.07, 6.45) is 3.46. The molecule has 0 aromatic carbocycles. The largest absolute Gasteiger partial charge is 0.409 e. The molecule has 6 nitrogen and oxygen atoms in total. The van der Waals surface area contributed by atoms with Crippen LogP contribution in [0.4, 0.5) is 0 Å². The Hall–Kier alpha value is -1.30. The number of carbonyl (C=O) groups excluding carboxylic acids is 1. The number of nitrogens with zero attached hydrogens (tertiary/aromatic N) is 3. The molecule has 0 aromatic rings. The molecule has 1 fully saturated rings. The van der Waals surface area contributed by atoms with E-state index in [0.717, 1.165) is 45.4 Å². The number of carbonyl (C=O) groups is 1. The van der Waals surface area contributed by atoms with Crippen molar-refractivity contribution in [2.24, 2.45) is 10.9 Å². The second kappa shape index (κ2) is 7.99. The fraction of sp³-hybridized carbons (Fsp3) is 0.846. The molecule has 0 aliphatic carbocycles. The van der Waals surface area contributed by atoms with Gasteiger partial charge in [0.15, 0.2) is 5.84 Å². The molecule has 1 heterocycles. The van der Waals surface area contributed by atoms with Gasteiger partial charge in [0.25, 0.3) is 0 Å². The van der Waals surface area contributed by atoms with Gasteiger partial charge in [-0.3, -0.25) is 9.69 Å². The van der Waals surface area contributed by atoms with Crippen molar-refractivity contribution in [3.63, 3.8) is 0 Å². The van der Waals surface area contributed by atoms with Gasteiger partial charge in [-0.25, -0.2) is 0 Å². The molecule has 1 atom stereocenters. The van der Waals surface area contributed by atoms with E-state index in [0.29, 0.717) is 6.42 Å². The third-order valence-corrected chi connectivity index (χ3v) is 3.70. The quantitative estimate of drug-likeness (QED) is 0.324. The van der Waals surface area contributed by atoms with Crippen molar-refractivity contribution in [1.82, 2.24) is 9.80 Å². The highest BCUT2D eigenvalue weighted by molar-refractivity contribution is 5.85. The summed E-state index contributed by atoms with van der Waals surface area (Å²) in [5.74, 6) is 0.506. The first-order valence-corrected chi connectivity index (χ1v) is 7.13. The smallest absolute Gasteiger partial charge is 0.222 e. The number of piperazine rings is 1. The Kier molecular flexibility index (Phi) is 6.62. The van der Waals surface area contributed by atoms with Crippen LogP contribution in [-0.4, -0.2) is 59.0 Å². The normalized spacial score (nSPS) is 19.5. The Morgan fingerprint density at radius 1 is 1.32 bits per heavy atom. The molecule has 1 amide bonds. The minimum Gasteiger partial charge on any atom is -0.409 e. The highest BCUT2D eigenvalue weighted by Crippen LogP contribution is 2.11. The molecule has 1 rings (SSSR count). The molecule has 0 spiro atoms. The summed E-state index contributed by atoms with van der Waals surface area (Å²) in [7, 11) is 0. The van der Waals surface area contributed by atoms with E-state index in [1.54, 1.807) is 0 Å². The number of nitrogens with two attached hydrogens (primary N) is 1.